The number of aryl methyl sites for hydroxylation is 1. The number of nitrogens with zero attached hydrogens (tertiary/aromatic N) is 1. The number of ether oxygens (including phenoxy) is 1. The Bertz CT molecular complexity index is 708. The van der Waals surface area contributed by atoms with Gasteiger partial charge in [-0.2, -0.15) is 0 Å². The van der Waals surface area contributed by atoms with Gasteiger partial charge in [-0.15, -0.1) is 0 Å². The van der Waals surface area contributed by atoms with Gasteiger partial charge in [0.25, 0.3) is 5.69 Å². The SMILES string of the molecule is Cc1ccc(C=O)cc1Oc1c(Cl)cc([N+](=O)[O-])cc1Cl. The fourth-order valence-electron chi connectivity index (χ4n) is 1.66. The minimum atomic E-state index is -0.597. The largest absolute Gasteiger partial charge is 0.454 e. The van der Waals surface area contributed by atoms with Crippen LogP contribution >= 0.6 is 23.2 Å². The van der Waals surface area contributed by atoms with Crippen LogP contribution in [0.5, 0.6) is 11.5 Å². The van der Waals surface area contributed by atoms with Gasteiger partial charge in [0.15, 0.2) is 5.75 Å². The summed E-state index contributed by atoms with van der Waals surface area (Å²) in [5.74, 6) is 0.507. The summed E-state index contributed by atoms with van der Waals surface area (Å²) in [7, 11) is 0. The van der Waals surface area contributed by atoms with Crippen molar-refractivity contribution >= 4 is 35.2 Å². The molecule has 0 amide bonds. The Morgan fingerprint density at radius 1 is 1.19 bits per heavy atom. The molecule has 0 saturated heterocycles. The van der Waals surface area contributed by atoms with Gasteiger partial charge >= 0.3 is 0 Å². The molecule has 0 atom stereocenters. The van der Waals surface area contributed by atoms with Gasteiger partial charge in [-0.05, 0) is 18.6 Å². The van der Waals surface area contributed by atoms with Crippen LogP contribution in [-0.2, 0) is 0 Å². The fourth-order valence-corrected chi connectivity index (χ4v) is 2.21. The average molecular weight is 326 g/mol. The van der Waals surface area contributed by atoms with Gasteiger partial charge in [0.2, 0.25) is 0 Å². The zero-order chi connectivity index (χ0) is 15.6. The van der Waals surface area contributed by atoms with Gasteiger partial charge < -0.3 is 4.74 Å². The predicted molar refractivity (Wildman–Crippen MR) is 79.8 cm³/mol. The molecule has 0 aliphatic rings. The third-order valence-electron chi connectivity index (χ3n) is 2.75. The molecule has 0 radical (unpaired) electrons. The van der Waals surface area contributed by atoms with Crippen LogP contribution < -0.4 is 4.74 Å². The van der Waals surface area contributed by atoms with E-state index < -0.39 is 4.92 Å². The van der Waals surface area contributed by atoms with E-state index in [4.69, 9.17) is 27.9 Å². The van der Waals surface area contributed by atoms with E-state index in [1.54, 1.807) is 19.1 Å². The number of carbonyl (C=O) groups is 1. The molecule has 2 rings (SSSR count). The number of halogens is 2. The highest BCUT2D eigenvalue weighted by Gasteiger charge is 2.17. The molecule has 2 aromatic rings. The van der Waals surface area contributed by atoms with Crippen LogP contribution in [0.2, 0.25) is 10.0 Å². The van der Waals surface area contributed by atoms with E-state index in [0.717, 1.165) is 17.7 Å². The van der Waals surface area contributed by atoms with Crippen LogP contribution in [0, 0.1) is 17.0 Å². The van der Waals surface area contributed by atoms with E-state index in [2.05, 4.69) is 0 Å². The number of nitro groups is 1. The maximum Gasteiger partial charge on any atom is 0.272 e. The molecule has 2 aromatic carbocycles. The van der Waals surface area contributed by atoms with Gasteiger partial charge in [-0.25, -0.2) is 0 Å². The highest BCUT2D eigenvalue weighted by Crippen LogP contribution is 2.40. The molecular weight excluding hydrogens is 317 g/mol. The van der Waals surface area contributed by atoms with E-state index in [0.29, 0.717) is 17.6 Å². The molecule has 0 aromatic heterocycles. The zero-order valence-electron chi connectivity index (χ0n) is 10.8. The molecule has 0 fully saturated rings. The van der Waals surface area contributed by atoms with Gasteiger partial charge in [0, 0.05) is 17.7 Å². The summed E-state index contributed by atoms with van der Waals surface area (Å²) in [6, 6.07) is 7.21. The lowest BCUT2D eigenvalue weighted by molar-refractivity contribution is -0.384. The quantitative estimate of drug-likeness (QED) is 0.459. The Labute approximate surface area is 130 Å². The first-order valence-electron chi connectivity index (χ1n) is 5.79. The fraction of sp³-hybridized carbons (Fsp3) is 0.0714. The molecule has 0 bridgehead atoms. The molecule has 0 N–H and O–H groups in total. The van der Waals surface area contributed by atoms with Crippen molar-refractivity contribution in [2.45, 2.75) is 6.92 Å². The lowest BCUT2D eigenvalue weighted by Crippen LogP contribution is -1.94. The van der Waals surface area contributed by atoms with Crippen molar-refractivity contribution in [2.24, 2.45) is 0 Å². The first-order valence-corrected chi connectivity index (χ1v) is 6.55. The highest BCUT2D eigenvalue weighted by molar-refractivity contribution is 6.37. The second-order valence-electron chi connectivity index (χ2n) is 4.24. The monoisotopic (exact) mass is 325 g/mol. The van der Waals surface area contributed by atoms with Crippen LogP contribution in [0.15, 0.2) is 30.3 Å². The standard InChI is InChI=1S/C14H9Cl2NO4/c1-8-2-3-9(7-18)4-13(8)21-14-11(15)5-10(17(19)20)6-12(14)16/h2-7H,1H3. The van der Waals surface area contributed by atoms with Gasteiger partial charge in [0.1, 0.15) is 12.0 Å². The maximum atomic E-state index is 10.8. The number of carbonyl (C=O) groups excluding carboxylic acids is 1. The summed E-state index contributed by atoms with van der Waals surface area (Å²) in [5, 5.41) is 10.8. The summed E-state index contributed by atoms with van der Waals surface area (Å²) in [4.78, 5) is 20.9. The number of hydrogen-bond acceptors (Lipinski definition) is 4. The molecular formula is C14H9Cl2NO4. The van der Waals surface area contributed by atoms with E-state index in [-0.39, 0.29) is 21.5 Å². The third-order valence-corrected chi connectivity index (χ3v) is 3.32. The number of non-ortho nitro benzene ring substituents is 1. The zero-order valence-corrected chi connectivity index (χ0v) is 12.3. The third kappa shape index (κ3) is 3.32. The Balaban J connectivity index is 2.45. The molecule has 7 heteroatoms. The highest BCUT2D eigenvalue weighted by atomic mass is 35.5. The van der Waals surface area contributed by atoms with Crippen molar-refractivity contribution in [3.63, 3.8) is 0 Å². The molecule has 0 aliphatic heterocycles. The van der Waals surface area contributed by atoms with Crippen LogP contribution in [0.25, 0.3) is 0 Å². The molecule has 5 nitrogen and oxygen atoms in total. The molecule has 0 unspecified atom stereocenters. The molecule has 21 heavy (non-hydrogen) atoms. The van der Waals surface area contributed by atoms with Crippen molar-refractivity contribution < 1.29 is 14.5 Å². The lowest BCUT2D eigenvalue weighted by Gasteiger charge is -2.12. The van der Waals surface area contributed by atoms with E-state index in [1.807, 2.05) is 0 Å². The molecule has 0 saturated carbocycles. The molecule has 0 aliphatic carbocycles. The Morgan fingerprint density at radius 2 is 1.81 bits per heavy atom. The van der Waals surface area contributed by atoms with Crippen LogP contribution in [0.3, 0.4) is 0 Å². The first kappa shape index (κ1) is 15.3. The Kier molecular flexibility index (Phi) is 4.45. The second kappa shape index (κ2) is 6.11. The smallest absolute Gasteiger partial charge is 0.272 e. The predicted octanol–water partition coefficient (Wildman–Crippen LogP) is 4.81. The molecule has 0 spiro atoms. The summed E-state index contributed by atoms with van der Waals surface area (Å²) >= 11 is 11.9. The van der Waals surface area contributed by atoms with E-state index in [1.165, 1.54) is 6.07 Å². The maximum absolute atomic E-state index is 10.8. The number of hydrogen-bond donors (Lipinski definition) is 0. The average Bonchev–Trinajstić information content (AvgIpc) is 2.44. The van der Waals surface area contributed by atoms with Crippen LogP contribution in [-0.4, -0.2) is 11.2 Å². The second-order valence-corrected chi connectivity index (χ2v) is 5.05. The van der Waals surface area contributed by atoms with Crippen molar-refractivity contribution in [1.29, 1.82) is 0 Å². The van der Waals surface area contributed by atoms with Gasteiger partial charge in [-0.3, -0.25) is 14.9 Å². The van der Waals surface area contributed by atoms with Crippen LogP contribution in [0.4, 0.5) is 5.69 Å². The summed E-state index contributed by atoms with van der Waals surface area (Å²) in [6.45, 7) is 1.79. The number of benzene rings is 2. The van der Waals surface area contributed by atoms with Crippen LogP contribution in [0.1, 0.15) is 15.9 Å². The normalized spacial score (nSPS) is 10.2. The van der Waals surface area contributed by atoms with E-state index >= 15 is 0 Å². The number of nitro benzene ring substituents is 1. The minimum Gasteiger partial charge on any atom is -0.454 e. The summed E-state index contributed by atoms with van der Waals surface area (Å²) in [5.41, 5.74) is 0.978. The number of aldehydes is 1. The van der Waals surface area contributed by atoms with Crippen molar-refractivity contribution in [1.82, 2.24) is 0 Å². The first-order chi connectivity index (χ1) is 9.92. The molecule has 0 heterocycles. The van der Waals surface area contributed by atoms with Crippen molar-refractivity contribution in [3.05, 3.63) is 61.6 Å². The van der Waals surface area contributed by atoms with Gasteiger partial charge in [0.05, 0.1) is 15.0 Å². The lowest BCUT2D eigenvalue weighted by atomic mass is 10.1. The number of rotatable bonds is 4. The Hall–Kier alpha value is -2.11. The summed E-state index contributed by atoms with van der Waals surface area (Å²) in [6.07, 6.45) is 0.686. The topological polar surface area (TPSA) is 69.4 Å². The van der Waals surface area contributed by atoms with Gasteiger partial charge in [-0.1, -0.05) is 35.3 Å². The van der Waals surface area contributed by atoms with E-state index in [9.17, 15) is 14.9 Å². The summed E-state index contributed by atoms with van der Waals surface area (Å²) < 4.78 is 5.60. The van der Waals surface area contributed by atoms with Crippen molar-refractivity contribution in [2.75, 3.05) is 0 Å². The molecule has 108 valence electrons. The Morgan fingerprint density at radius 3 is 2.33 bits per heavy atom. The minimum absolute atomic E-state index is 0.0186. The van der Waals surface area contributed by atoms with Crippen molar-refractivity contribution in [3.8, 4) is 11.5 Å².